The average Bonchev–Trinajstić information content (AvgIpc) is 2.32. The molecule has 1 aromatic rings. The normalized spacial score (nSPS) is 10.9. The third-order valence-corrected chi connectivity index (χ3v) is 2.10. The van der Waals surface area contributed by atoms with E-state index in [1.165, 1.54) is 6.92 Å². The van der Waals surface area contributed by atoms with Crippen LogP contribution in [-0.2, 0) is 6.54 Å². The molecule has 4 nitrogen and oxygen atoms in total. The van der Waals surface area contributed by atoms with Gasteiger partial charge in [-0.2, -0.15) is 5.10 Å². The van der Waals surface area contributed by atoms with Gasteiger partial charge in [0.05, 0.1) is 10.7 Å². The van der Waals surface area contributed by atoms with Crippen molar-refractivity contribution in [2.45, 2.75) is 19.9 Å². The van der Waals surface area contributed by atoms with Crippen LogP contribution in [0, 0.1) is 6.92 Å². The van der Waals surface area contributed by atoms with Crippen molar-refractivity contribution in [3.05, 3.63) is 16.4 Å². The molecule has 14 heavy (non-hydrogen) atoms. The van der Waals surface area contributed by atoms with E-state index in [1.54, 1.807) is 0 Å². The summed E-state index contributed by atoms with van der Waals surface area (Å²) in [6, 6.07) is 0. The summed E-state index contributed by atoms with van der Waals surface area (Å²) in [7, 11) is 0. The Kier molecular flexibility index (Phi) is 3.05. The first-order chi connectivity index (χ1) is 6.43. The first-order valence-electron chi connectivity index (χ1n) is 3.67. The number of aromatic carboxylic acids is 1. The lowest BCUT2D eigenvalue weighted by molar-refractivity contribution is 0.0686. The Balaban J connectivity index is 3.08. The van der Waals surface area contributed by atoms with E-state index in [4.69, 9.17) is 16.7 Å². The second-order valence-corrected chi connectivity index (χ2v) is 3.00. The maximum atomic E-state index is 12.0. The van der Waals surface area contributed by atoms with Crippen LogP contribution >= 0.6 is 11.6 Å². The van der Waals surface area contributed by atoms with Gasteiger partial charge in [0.25, 0.3) is 6.43 Å². The average molecular weight is 225 g/mol. The van der Waals surface area contributed by atoms with E-state index >= 15 is 0 Å². The number of aromatic nitrogens is 2. The molecular formula is C7H7ClF2N2O2. The molecule has 0 bridgehead atoms. The zero-order chi connectivity index (χ0) is 10.9. The second-order valence-electron chi connectivity index (χ2n) is 2.63. The van der Waals surface area contributed by atoms with Crippen LogP contribution in [0.5, 0.6) is 0 Å². The van der Waals surface area contributed by atoms with Gasteiger partial charge in [0.2, 0.25) is 0 Å². The highest BCUT2D eigenvalue weighted by molar-refractivity contribution is 6.33. The van der Waals surface area contributed by atoms with Crippen molar-refractivity contribution in [1.82, 2.24) is 9.78 Å². The molecule has 1 aromatic heterocycles. The molecule has 7 heteroatoms. The van der Waals surface area contributed by atoms with Crippen LogP contribution < -0.4 is 0 Å². The Morgan fingerprint density at radius 1 is 1.71 bits per heavy atom. The van der Waals surface area contributed by atoms with E-state index in [0.29, 0.717) is 0 Å². The van der Waals surface area contributed by atoms with Gasteiger partial charge in [-0.25, -0.2) is 13.6 Å². The number of hydrogen-bond donors (Lipinski definition) is 1. The fraction of sp³-hybridized carbons (Fsp3) is 0.429. The highest BCUT2D eigenvalue weighted by Crippen LogP contribution is 2.20. The monoisotopic (exact) mass is 224 g/mol. The third kappa shape index (κ3) is 2.01. The number of rotatable bonds is 3. The predicted molar refractivity (Wildman–Crippen MR) is 44.9 cm³/mol. The molecule has 0 unspecified atom stereocenters. The van der Waals surface area contributed by atoms with E-state index in [2.05, 4.69) is 5.10 Å². The van der Waals surface area contributed by atoms with E-state index < -0.39 is 24.6 Å². The van der Waals surface area contributed by atoms with E-state index in [-0.39, 0.29) is 10.7 Å². The zero-order valence-electron chi connectivity index (χ0n) is 7.17. The molecule has 0 amide bonds. The summed E-state index contributed by atoms with van der Waals surface area (Å²) in [6.45, 7) is 0.781. The van der Waals surface area contributed by atoms with Gasteiger partial charge in [0.1, 0.15) is 6.54 Å². The van der Waals surface area contributed by atoms with E-state index in [0.717, 1.165) is 4.68 Å². The summed E-state index contributed by atoms with van der Waals surface area (Å²) < 4.78 is 24.9. The lowest BCUT2D eigenvalue weighted by Gasteiger charge is -2.01. The van der Waals surface area contributed by atoms with Crippen molar-refractivity contribution in [3.63, 3.8) is 0 Å². The minimum atomic E-state index is -2.59. The largest absolute Gasteiger partial charge is 0.476 e. The number of carboxylic acid groups (broad SMARTS) is 1. The first-order valence-corrected chi connectivity index (χ1v) is 4.05. The van der Waals surface area contributed by atoms with Crippen molar-refractivity contribution in [3.8, 4) is 0 Å². The molecule has 1 N–H and O–H groups in total. The maximum absolute atomic E-state index is 12.0. The van der Waals surface area contributed by atoms with Crippen LogP contribution in [0.1, 0.15) is 16.2 Å². The fourth-order valence-electron chi connectivity index (χ4n) is 0.969. The van der Waals surface area contributed by atoms with Crippen molar-refractivity contribution in [2.24, 2.45) is 0 Å². The summed E-state index contributed by atoms with van der Waals surface area (Å²) in [6.07, 6.45) is -2.59. The molecule has 1 rings (SSSR count). The number of carboxylic acids is 1. The molecule has 0 fully saturated rings. The van der Waals surface area contributed by atoms with Crippen molar-refractivity contribution < 1.29 is 18.7 Å². The van der Waals surface area contributed by atoms with Crippen molar-refractivity contribution in [1.29, 1.82) is 0 Å². The Morgan fingerprint density at radius 3 is 2.64 bits per heavy atom. The molecule has 0 radical (unpaired) electrons. The van der Waals surface area contributed by atoms with Gasteiger partial charge in [-0.15, -0.1) is 0 Å². The minimum Gasteiger partial charge on any atom is -0.476 e. The molecule has 0 aliphatic rings. The van der Waals surface area contributed by atoms with Gasteiger partial charge in [0.15, 0.2) is 5.69 Å². The summed E-state index contributed by atoms with van der Waals surface area (Å²) >= 11 is 5.58. The number of alkyl halides is 2. The highest BCUT2D eigenvalue weighted by Gasteiger charge is 2.19. The smallest absolute Gasteiger partial charge is 0.357 e. The van der Waals surface area contributed by atoms with Gasteiger partial charge in [0, 0.05) is 0 Å². The SMILES string of the molecule is Cc1c(Cl)c(C(=O)O)nn1CC(F)F. The number of carbonyl (C=O) groups is 1. The number of nitrogens with zero attached hydrogens (tertiary/aromatic N) is 2. The van der Waals surface area contributed by atoms with Crippen LogP contribution in [-0.4, -0.2) is 27.3 Å². The van der Waals surface area contributed by atoms with Gasteiger partial charge in [-0.3, -0.25) is 4.68 Å². The topological polar surface area (TPSA) is 55.1 Å². The van der Waals surface area contributed by atoms with Crippen LogP contribution in [0.25, 0.3) is 0 Å². The Bertz CT molecular complexity index is 365. The van der Waals surface area contributed by atoms with Gasteiger partial charge < -0.3 is 5.11 Å². The molecule has 1 heterocycles. The maximum Gasteiger partial charge on any atom is 0.357 e. The fourth-order valence-corrected chi connectivity index (χ4v) is 1.19. The molecule has 0 saturated carbocycles. The first kappa shape index (κ1) is 10.9. The number of halogens is 3. The van der Waals surface area contributed by atoms with Crippen LogP contribution in [0.2, 0.25) is 5.02 Å². The molecule has 0 spiro atoms. The van der Waals surface area contributed by atoms with Crippen LogP contribution in [0.3, 0.4) is 0 Å². The molecule has 0 atom stereocenters. The summed E-state index contributed by atoms with van der Waals surface area (Å²) in [5.74, 6) is -1.33. The van der Waals surface area contributed by atoms with E-state index in [1.807, 2.05) is 0 Å². The molecule has 78 valence electrons. The molecular weight excluding hydrogens is 218 g/mol. The Labute approximate surface area is 83.1 Å². The van der Waals surface area contributed by atoms with Crippen molar-refractivity contribution >= 4 is 17.6 Å². The molecule has 0 aliphatic carbocycles. The third-order valence-electron chi connectivity index (χ3n) is 1.65. The van der Waals surface area contributed by atoms with Crippen LogP contribution in [0.4, 0.5) is 8.78 Å². The highest BCUT2D eigenvalue weighted by atomic mass is 35.5. The van der Waals surface area contributed by atoms with Crippen molar-refractivity contribution in [2.75, 3.05) is 0 Å². The Morgan fingerprint density at radius 2 is 2.29 bits per heavy atom. The van der Waals surface area contributed by atoms with Crippen LogP contribution in [0.15, 0.2) is 0 Å². The standard InChI is InChI=1S/C7H7ClF2N2O2/c1-3-5(8)6(7(13)14)11-12(3)2-4(9)10/h4H,2H2,1H3,(H,13,14). The van der Waals surface area contributed by atoms with Gasteiger partial charge in [-0.05, 0) is 6.92 Å². The summed E-state index contributed by atoms with van der Waals surface area (Å²) in [5.41, 5.74) is -0.172. The van der Waals surface area contributed by atoms with Gasteiger partial charge in [-0.1, -0.05) is 11.6 Å². The molecule has 0 saturated heterocycles. The number of hydrogen-bond acceptors (Lipinski definition) is 2. The lowest BCUT2D eigenvalue weighted by Crippen LogP contribution is -2.10. The van der Waals surface area contributed by atoms with Gasteiger partial charge >= 0.3 is 5.97 Å². The minimum absolute atomic E-state index is 0.0989. The second kappa shape index (κ2) is 3.91. The summed E-state index contributed by atoms with van der Waals surface area (Å²) in [5, 5.41) is 11.9. The predicted octanol–water partition coefficient (Wildman–Crippen LogP) is 1.81. The molecule has 0 aromatic carbocycles. The molecule has 0 aliphatic heterocycles. The zero-order valence-corrected chi connectivity index (χ0v) is 7.92. The quantitative estimate of drug-likeness (QED) is 0.852. The lowest BCUT2D eigenvalue weighted by atomic mass is 10.4. The Hall–Kier alpha value is -1.17. The summed E-state index contributed by atoms with van der Waals surface area (Å²) in [4.78, 5) is 10.5. The van der Waals surface area contributed by atoms with E-state index in [9.17, 15) is 13.6 Å².